The molecular formula is C15H23N3O3. The Labute approximate surface area is 125 Å². The van der Waals surface area contributed by atoms with E-state index in [0.29, 0.717) is 32.8 Å². The molecule has 1 fully saturated rings. The van der Waals surface area contributed by atoms with Gasteiger partial charge in [0, 0.05) is 31.3 Å². The number of ether oxygens (including phenoxy) is 2. The molecule has 0 aromatic heterocycles. The molecule has 1 aliphatic heterocycles. The van der Waals surface area contributed by atoms with Crippen molar-refractivity contribution in [3.05, 3.63) is 23.8 Å². The van der Waals surface area contributed by atoms with Crippen LogP contribution in [0.1, 0.15) is 18.9 Å². The number of carbonyl (C=O) groups is 1. The molecule has 6 heteroatoms. The van der Waals surface area contributed by atoms with E-state index in [4.69, 9.17) is 15.2 Å². The lowest BCUT2D eigenvalue weighted by molar-refractivity contribution is 0.202. The molecule has 3 N–H and O–H groups in total. The van der Waals surface area contributed by atoms with Crippen LogP contribution >= 0.6 is 0 Å². The van der Waals surface area contributed by atoms with Crippen molar-refractivity contribution >= 4 is 6.03 Å². The summed E-state index contributed by atoms with van der Waals surface area (Å²) in [5.41, 5.74) is 6.66. The SMILES string of the molecule is CCCOc1ccc(CN)c(OCCN2CCNC2=O)c1. The first-order valence-electron chi connectivity index (χ1n) is 7.36. The van der Waals surface area contributed by atoms with Gasteiger partial charge in [-0.2, -0.15) is 0 Å². The van der Waals surface area contributed by atoms with E-state index in [2.05, 4.69) is 12.2 Å². The van der Waals surface area contributed by atoms with Gasteiger partial charge >= 0.3 is 6.03 Å². The minimum atomic E-state index is -0.0299. The Balaban J connectivity index is 1.91. The number of rotatable bonds is 8. The summed E-state index contributed by atoms with van der Waals surface area (Å²) in [5.74, 6) is 1.51. The highest BCUT2D eigenvalue weighted by atomic mass is 16.5. The van der Waals surface area contributed by atoms with Gasteiger partial charge < -0.3 is 25.4 Å². The molecule has 1 aromatic carbocycles. The molecule has 0 atom stereocenters. The quantitative estimate of drug-likeness (QED) is 0.758. The van der Waals surface area contributed by atoms with Gasteiger partial charge in [0.25, 0.3) is 0 Å². The maximum absolute atomic E-state index is 11.4. The number of hydrogen-bond donors (Lipinski definition) is 2. The molecule has 1 aromatic rings. The molecule has 0 unspecified atom stereocenters. The van der Waals surface area contributed by atoms with Crippen molar-refractivity contribution in [2.24, 2.45) is 5.73 Å². The minimum Gasteiger partial charge on any atom is -0.493 e. The van der Waals surface area contributed by atoms with Gasteiger partial charge in [0.05, 0.1) is 13.2 Å². The normalized spacial score (nSPS) is 14.2. The van der Waals surface area contributed by atoms with Crippen molar-refractivity contribution in [3.8, 4) is 11.5 Å². The van der Waals surface area contributed by atoms with Gasteiger partial charge in [0.2, 0.25) is 0 Å². The Hall–Kier alpha value is -1.95. The average molecular weight is 293 g/mol. The van der Waals surface area contributed by atoms with Crippen LogP contribution in [-0.4, -0.2) is 43.8 Å². The van der Waals surface area contributed by atoms with E-state index in [1.807, 2.05) is 18.2 Å². The first-order valence-corrected chi connectivity index (χ1v) is 7.36. The zero-order valence-corrected chi connectivity index (χ0v) is 12.4. The maximum atomic E-state index is 11.4. The van der Waals surface area contributed by atoms with Crippen molar-refractivity contribution in [1.82, 2.24) is 10.2 Å². The number of nitrogens with zero attached hydrogens (tertiary/aromatic N) is 1. The Kier molecular flexibility index (Phi) is 5.68. The molecular weight excluding hydrogens is 270 g/mol. The summed E-state index contributed by atoms with van der Waals surface area (Å²) >= 11 is 0. The fourth-order valence-electron chi connectivity index (χ4n) is 2.14. The smallest absolute Gasteiger partial charge is 0.317 e. The van der Waals surface area contributed by atoms with Crippen LogP contribution in [0, 0.1) is 0 Å². The summed E-state index contributed by atoms with van der Waals surface area (Å²) < 4.78 is 11.4. The summed E-state index contributed by atoms with van der Waals surface area (Å²) in [5, 5.41) is 2.76. The highest BCUT2D eigenvalue weighted by Crippen LogP contribution is 2.25. The Morgan fingerprint density at radius 3 is 2.86 bits per heavy atom. The van der Waals surface area contributed by atoms with E-state index in [9.17, 15) is 4.79 Å². The van der Waals surface area contributed by atoms with Crippen molar-refractivity contribution in [1.29, 1.82) is 0 Å². The van der Waals surface area contributed by atoms with Crippen LogP contribution in [0.3, 0.4) is 0 Å². The molecule has 1 aliphatic rings. The Morgan fingerprint density at radius 2 is 2.19 bits per heavy atom. The zero-order valence-electron chi connectivity index (χ0n) is 12.4. The topological polar surface area (TPSA) is 76.8 Å². The molecule has 2 rings (SSSR count). The molecule has 1 heterocycles. The van der Waals surface area contributed by atoms with Crippen LogP contribution in [-0.2, 0) is 6.54 Å². The Bertz CT molecular complexity index is 479. The van der Waals surface area contributed by atoms with Crippen LogP contribution in [0.25, 0.3) is 0 Å². The zero-order chi connectivity index (χ0) is 15.1. The first kappa shape index (κ1) is 15.4. The number of amides is 2. The highest BCUT2D eigenvalue weighted by molar-refractivity contribution is 5.76. The number of urea groups is 1. The lowest BCUT2D eigenvalue weighted by atomic mass is 10.2. The minimum absolute atomic E-state index is 0.0299. The van der Waals surface area contributed by atoms with E-state index in [1.165, 1.54) is 0 Å². The molecule has 2 amide bonds. The molecule has 116 valence electrons. The summed E-state index contributed by atoms with van der Waals surface area (Å²) in [4.78, 5) is 13.2. The molecule has 0 aliphatic carbocycles. The number of carbonyl (C=O) groups excluding carboxylic acids is 1. The van der Waals surface area contributed by atoms with Crippen LogP contribution in [0.2, 0.25) is 0 Å². The summed E-state index contributed by atoms with van der Waals surface area (Å²) in [6.07, 6.45) is 0.957. The fourth-order valence-corrected chi connectivity index (χ4v) is 2.14. The fraction of sp³-hybridized carbons (Fsp3) is 0.533. The molecule has 21 heavy (non-hydrogen) atoms. The summed E-state index contributed by atoms with van der Waals surface area (Å²) in [7, 11) is 0. The Morgan fingerprint density at radius 1 is 1.33 bits per heavy atom. The van der Waals surface area contributed by atoms with E-state index in [0.717, 1.165) is 30.0 Å². The summed E-state index contributed by atoms with van der Waals surface area (Å²) in [6, 6.07) is 5.65. The predicted octanol–water partition coefficient (Wildman–Crippen LogP) is 1.34. The van der Waals surface area contributed by atoms with E-state index in [-0.39, 0.29) is 6.03 Å². The van der Waals surface area contributed by atoms with Gasteiger partial charge in [0.1, 0.15) is 18.1 Å². The average Bonchev–Trinajstić information content (AvgIpc) is 2.91. The molecule has 0 bridgehead atoms. The second-order valence-corrected chi connectivity index (χ2v) is 4.89. The third kappa shape index (κ3) is 4.26. The van der Waals surface area contributed by atoms with E-state index >= 15 is 0 Å². The van der Waals surface area contributed by atoms with Crippen molar-refractivity contribution in [3.63, 3.8) is 0 Å². The van der Waals surface area contributed by atoms with Crippen LogP contribution in [0.5, 0.6) is 11.5 Å². The van der Waals surface area contributed by atoms with Gasteiger partial charge in [-0.3, -0.25) is 0 Å². The number of nitrogens with one attached hydrogen (secondary N) is 1. The van der Waals surface area contributed by atoms with Gasteiger partial charge in [-0.25, -0.2) is 4.79 Å². The van der Waals surface area contributed by atoms with E-state index in [1.54, 1.807) is 4.90 Å². The van der Waals surface area contributed by atoms with Gasteiger partial charge in [0.15, 0.2) is 0 Å². The highest BCUT2D eigenvalue weighted by Gasteiger charge is 2.18. The number of nitrogens with two attached hydrogens (primary N) is 1. The second kappa shape index (κ2) is 7.73. The largest absolute Gasteiger partial charge is 0.493 e. The van der Waals surface area contributed by atoms with Crippen LogP contribution in [0.4, 0.5) is 4.79 Å². The van der Waals surface area contributed by atoms with Crippen LogP contribution < -0.4 is 20.5 Å². The van der Waals surface area contributed by atoms with Crippen molar-refractivity contribution in [2.45, 2.75) is 19.9 Å². The third-order valence-corrected chi connectivity index (χ3v) is 3.30. The third-order valence-electron chi connectivity index (χ3n) is 3.30. The van der Waals surface area contributed by atoms with Gasteiger partial charge in [-0.05, 0) is 12.5 Å². The number of hydrogen-bond acceptors (Lipinski definition) is 4. The molecule has 1 saturated heterocycles. The second-order valence-electron chi connectivity index (χ2n) is 4.89. The predicted molar refractivity (Wildman–Crippen MR) is 80.6 cm³/mol. The van der Waals surface area contributed by atoms with Gasteiger partial charge in [-0.15, -0.1) is 0 Å². The molecule has 0 radical (unpaired) electrons. The van der Waals surface area contributed by atoms with E-state index < -0.39 is 0 Å². The summed E-state index contributed by atoms with van der Waals surface area (Å²) in [6.45, 7) is 5.59. The lowest BCUT2D eigenvalue weighted by Gasteiger charge is -2.16. The van der Waals surface area contributed by atoms with Crippen LogP contribution in [0.15, 0.2) is 18.2 Å². The van der Waals surface area contributed by atoms with Crippen molar-refractivity contribution < 1.29 is 14.3 Å². The standard InChI is InChI=1S/C15H23N3O3/c1-2-8-20-13-4-3-12(11-16)14(10-13)21-9-7-18-6-5-17-15(18)19/h3-4,10H,2,5-9,11,16H2,1H3,(H,17,19). The maximum Gasteiger partial charge on any atom is 0.317 e. The molecule has 6 nitrogen and oxygen atoms in total. The first-order chi connectivity index (χ1) is 10.2. The number of benzene rings is 1. The molecule has 0 spiro atoms. The monoisotopic (exact) mass is 293 g/mol. The van der Waals surface area contributed by atoms with Gasteiger partial charge in [-0.1, -0.05) is 13.0 Å². The lowest BCUT2D eigenvalue weighted by Crippen LogP contribution is -2.31. The molecule has 0 saturated carbocycles. The van der Waals surface area contributed by atoms with Crippen molar-refractivity contribution in [2.75, 3.05) is 32.8 Å².